The molecule has 3 rings (SSSR count). The number of Topliss-reactive ketones (excluding diaryl/α,β-unsaturated/α-hetero) is 2. The number of carbonyl (C=O) groups is 2. The Kier molecular flexibility index (Phi) is 5.24. The first-order valence-electron chi connectivity index (χ1n) is 8.15. The molecule has 1 heterocycles. The maximum atomic E-state index is 13.8. The smallest absolute Gasteiger partial charge is 0.343 e. The van der Waals surface area contributed by atoms with Crippen molar-refractivity contribution < 1.29 is 18.7 Å². The number of ketones is 2. The van der Waals surface area contributed by atoms with E-state index in [1.54, 1.807) is 42.8 Å². The Hall–Kier alpha value is -1.33. The molecule has 0 amide bonds. The van der Waals surface area contributed by atoms with Gasteiger partial charge in [0.15, 0.2) is 0 Å². The Balaban J connectivity index is 2.10. The van der Waals surface area contributed by atoms with Crippen LogP contribution < -0.4 is 5.32 Å². The van der Waals surface area contributed by atoms with Crippen LogP contribution in [0.15, 0.2) is 35.7 Å². The molecule has 1 aliphatic heterocycles. The topological polar surface area (TPSA) is 75.7 Å². The third-order valence-electron chi connectivity index (χ3n) is 4.49. The Labute approximate surface area is 162 Å². The number of nitrogens with zero attached hydrogens (tertiary/aromatic N) is 1. The zero-order chi connectivity index (χ0) is 19.1. The van der Waals surface area contributed by atoms with Crippen molar-refractivity contribution in [3.63, 3.8) is 0 Å². The van der Waals surface area contributed by atoms with Gasteiger partial charge in [0, 0.05) is 36.0 Å². The lowest BCUT2D eigenvalue weighted by atomic mass is 9.91. The van der Waals surface area contributed by atoms with E-state index >= 15 is 0 Å². The number of halogens is 2. The number of nitrogens with one attached hydrogen (secondary N) is 1. The molecule has 9 heteroatoms. The van der Waals surface area contributed by atoms with Gasteiger partial charge < -0.3 is 9.84 Å². The molecule has 1 N–H and O–H groups in total. The molecule has 0 fully saturated rings. The Morgan fingerprint density at radius 3 is 2.15 bits per heavy atom. The second-order valence-corrected chi connectivity index (χ2v) is 10.2. The predicted molar refractivity (Wildman–Crippen MR) is 101 cm³/mol. The average molecular weight is 417 g/mol. The summed E-state index contributed by atoms with van der Waals surface area (Å²) in [5.74, 6) is -0.569. The molecule has 1 aromatic carbocycles. The van der Waals surface area contributed by atoms with Gasteiger partial charge in [0.2, 0.25) is 17.3 Å². The molecule has 1 aliphatic carbocycles. The maximum absolute atomic E-state index is 13.8. The first kappa shape index (κ1) is 19.4. The van der Waals surface area contributed by atoms with Gasteiger partial charge in [-0.05, 0) is 13.8 Å². The largest absolute Gasteiger partial charge is 0.424 e. The number of fused-ring (bicyclic) bond motifs is 1. The van der Waals surface area contributed by atoms with Crippen LogP contribution in [-0.2, 0) is 9.09 Å². The first-order valence-corrected chi connectivity index (χ1v) is 10.8. The number of allylic oxidation sites excluding steroid dienone is 2. The Morgan fingerprint density at radius 1 is 1.08 bits per heavy atom. The van der Waals surface area contributed by atoms with Gasteiger partial charge in [-0.2, -0.15) is 0 Å². The van der Waals surface area contributed by atoms with Crippen molar-refractivity contribution >= 4 is 42.3 Å². The number of benzene rings is 1. The predicted octanol–water partition coefficient (Wildman–Crippen LogP) is 3.61. The monoisotopic (exact) mass is 416 g/mol. The lowest BCUT2D eigenvalue weighted by molar-refractivity contribution is 0.0908. The van der Waals surface area contributed by atoms with Gasteiger partial charge in [0.1, 0.15) is 11.0 Å². The van der Waals surface area contributed by atoms with Crippen molar-refractivity contribution in [1.82, 2.24) is 9.99 Å². The van der Waals surface area contributed by atoms with Crippen LogP contribution in [0.3, 0.4) is 0 Å². The minimum atomic E-state index is -3.60. The van der Waals surface area contributed by atoms with Gasteiger partial charge >= 0.3 is 7.52 Å². The summed E-state index contributed by atoms with van der Waals surface area (Å²) in [6.07, 6.45) is 0. The molecule has 2 aliphatic rings. The third kappa shape index (κ3) is 2.89. The fraction of sp³-hybridized carbons (Fsp3) is 0.412. The normalized spacial score (nSPS) is 24.0. The summed E-state index contributed by atoms with van der Waals surface area (Å²) in [6.45, 7) is 3.90. The molecule has 1 atom stereocenters. The molecule has 1 aromatic rings. The van der Waals surface area contributed by atoms with Crippen molar-refractivity contribution in [2.75, 3.05) is 24.8 Å². The van der Waals surface area contributed by atoms with Crippen LogP contribution in [-0.4, -0.2) is 46.4 Å². The molecule has 140 valence electrons. The zero-order valence-corrected chi connectivity index (χ0v) is 16.8. The molecular weight excluding hydrogens is 398 g/mol. The summed E-state index contributed by atoms with van der Waals surface area (Å²) >= 11 is 11.7. The quantitative estimate of drug-likeness (QED) is 0.583. The van der Waals surface area contributed by atoms with Gasteiger partial charge in [-0.1, -0.05) is 24.3 Å². The number of carbonyl (C=O) groups excluding carboxylic acids is 2. The van der Waals surface area contributed by atoms with Gasteiger partial charge in [0.25, 0.3) is 0 Å². The Morgan fingerprint density at radius 2 is 1.62 bits per heavy atom. The highest BCUT2D eigenvalue weighted by molar-refractivity contribution is 7.58. The van der Waals surface area contributed by atoms with Crippen LogP contribution in [0.5, 0.6) is 0 Å². The average Bonchev–Trinajstić information content (AvgIpc) is 2.61. The second-order valence-electron chi connectivity index (χ2n) is 6.54. The van der Waals surface area contributed by atoms with E-state index in [9.17, 15) is 14.2 Å². The van der Waals surface area contributed by atoms with E-state index in [1.165, 1.54) is 0 Å². The van der Waals surface area contributed by atoms with E-state index in [0.717, 1.165) is 0 Å². The van der Waals surface area contributed by atoms with Crippen molar-refractivity contribution in [3.8, 4) is 0 Å². The molecular formula is C17H19Cl2N2O4P. The van der Waals surface area contributed by atoms with Crippen molar-refractivity contribution in [3.05, 3.63) is 46.8 Å². The van der Waals surface area contributed by atoms with Crippen LogP contribution in [0.4, 0.5) is 0 Å². The van der Waals surface area contributed by atoms with E-state index in [2.05, 4.69) is 5.32 Å². The zero-order valence-electron chi connectivity index (χ0n) is 14.4. The number of rotatable bonds is 5. The molecule has 1 unspecified atom stereocenters. The molecule has 0 saturated carbocycles. The lowest BCUT2D eigenvalue weighted by Crippen LogP contribution is -2.51. The van der Waals surface area contributed by atoms with Crippen molar-refractivity contribution in [1.29, 1.82) is 0 Å². The molecule has 0 bridgehead atoms. The lowest BCUT2D eigenvalue weighted by Gasteiger charge is -2.45. The highest BCUT2D eigenvalue weighted by atomic mass is 35.5. The number of hydrogen-bond acceptors (Lipinski definition) is 5. The van der Waals surface area contributed by atoms with Crippen LogP contribution in [0.25, 0.3) is 0 Å². The van der Waals surface area contributed by atoms with Gasteiger partial charge in [0.05, 0.1) is 0 Å². The molecule has 26 heavy (non-hydrogen) atoms. The SMILES string of the molecule is CC1(C)NC2=C(OP1(=O)N(CCCl)CCCl)C(=O)c1ccccc1C2=O. The van der Waals surface area contributed by atoms with E-state index < -0.39 is 18.6 Å². The summed E-state index contributed by atoms with van der Waals surface area (Å²) < 4.78 is 21.2. The van der Waals surface area contributed by atoms with Crippen LogP contribution in [0.1, 0.15) is 34.6 Å². The molecule has 6 nitrogen and oxygen atoms in total. The third-order valence-corrected chi connectivity index (χ3v) is 7.92. The minimum absolute atomic E-state index is 0.0434. The second kappa shape index (κ2) is 7.01. The summed E-state index contributed by atoms with van der Waals surface area (Å²) in [4.78, 5) is 25.7. The van der Waals surface area contributed by atoms with E-state index in [-0.39, 0.29) is 47.7 Å². The summed E-state index contributed by atoms with van der Waals surface area (Å²) in [5.41, 5.74) is 0.589. The van der Waals surface area contributed by atoms with Crippen molar-refractivity contribution in [2.45, 2.75) is 19.1 Å². The van der Waals surface area contributed by atoms with Gasteiger partial charge in [-0.3, -0.25) is 14.2 Å². The summed E-state index contributed by atoms with van der Waals surface area (Å²) in [7, 11) is -3.60. The minimum Gasteiger partial charge on any atom is -0.424 e. The molecule has 0 radical (unpaired) electrons. The van der Waals surface area contributed by atoms with Gasteiger partial charge in [-0.25, -0.2) is 4.67 Å². The fourth-order valence-corrected chi connectivity index (χ4v) is 6.25. The van der Waals surface area contributed by atoms with Crippen LogP contribution >= 0.6 is 30.7 Å². The highest BCUT2D eigenvalue weighted by Crippen LogP contribution is 2.64. The molecule has 0 saturated heterocycles. The van der Waals surface area contributed by atoms with Crippen molar-refractivity contribution in [2.24, 2.45) is 0 Å². The maximum Gasteiger partial charge on any atom is 0.343 e. The van der Waals surface area contributed by atoms with E-state index in [0.29, 0.717) is 5.56 Å². The van der Waals surface area contributed by atoms with Crippen LogP contribution in [0, 0.1) is 0 Å². The molecule has 0 aromatic heterocycles. The van der Waals surface area contributed by atoms with E-state index in [1.807, 2.05) is 0 Å². The van der Waals surface area contributed by atoms with Crippen LogP contribution in [0.2, 0.25) is 0 Å². The number of hydrogen-bond donors (Lipinski definition) is 1. The first-order chi connectivity index (χ1) is 12.3. The van der Waals surface area contributed by atoms with E-state index in [4.69, 9.17) is 27.7 Å². The van der Waals surface area contributed by atoms with Gasteiger partial charge in [-0.15, -0.1) is 23.2 Å². The number of alkyl halides is 2. The summed E-state index contributed by atoms with van der Waals surface area (Å²) in [5, 5.41) is 1.89. The standard InChI is InChI=1S/C17H19Cl2N2O4P/c1-17(2)20-13-14(22)11-5-3-4-6-12(11)15(23)16(13)25-26(17,24)21(9-7-18)10-8-19/h3-6,20H,7-10H2,1-2H3. The summed E-state index contributed by atoms with van der Waals surface area (Å²) in [6, 6.07) is 6.51. The Bertz CT molecular complexity index is 847. The molecule has 0 spiro atoms. The highest BCUT2D eigenvalue weighted by Gasteiger charge is 2.55. The fourth-order valence-electron chi connectivity index (χ4n) is 3.15.